The quantitative estimate of drug-likeness (QED) is 0.625. The fraction of sp³-hybridized carbons (Fsp3) is 1.00. The van der Waals surface area contributed by atoms with E-state index in [1.165, 1.54) is 56.0 Å². The zero-order valence-electron chi connectivity index (χ0n) is 9.30. The molecule has 84 valence electrons. The van der Waals surface area contributed by atoms with Gasteiger partial charge in [0, 0.05) is 10.6 Å². The highest BCUT2D eigenvalue weighted by Gasteiger charge is 2.15. The minimum atomic E-state index is 0.909. The van der Waals surface area contributed by atoms with Gasteiger partial charge in [0.25, 0.3) is 0 Å². The number of hydrogen-bond donors (Lipinski definition) is 0. The van der Waals surface area contributed by atoms with Gasteiger partial charge in [-0.05, 0) is 30.9 Å². The van der Waals surface area contributed by atoms with Gasteiger partial charge in [-0.15, -0.1) is 0 Å². The maximum Gasteiger partial charge on any atom is 0.00675 e. The van der Waals surface area contributed by atoms with Crippen LogP contribution in [0.5, 0.6) is 0 Å². The molecule has 0 nitrogen and oxygen atoms in total. The molecule has 1 saturated carbocycles. The highest BCUT2D eigenvalue weighted by atomic mass is 79.9. The summed E-state index contributed by atoms with van der Waals surface area (Å²) in [6.07, 6.45) is 10.1. The zero-order chi connectivity index (χ0) is 10.2. The molecule has 0 spiro atoms. The molecule has 0 amide bonds. The Balaban J connectivity index is 2.10. The van der Waals surface area contributed by atoms with E-state index < -0.39 is 0 Å². The summed E-state index contributed by atoms with van der Waals surface area (Å²) in [6.45, 7) is 2.29. The van der Waals surface area contributed by atoms with E-state index in [1.807, 2.05) is 0 Å². The van der Waals surface area contributed by atoms with E-state index >= 15 is 0 Å². The molecular weight excluding hydrogens is 256 g/mol. The first-order valence-corrected chi connectivity index (χ1v) is 8.21. The lowest BCUT2D eigenvalue weighted by molar-refractivity contribution is 0.513. The van der Waals surface area contributed by atoms with Gasteiger partial charge in [0.2, 0.25) is 0 Å². The third kappa shape index (κ3) is 5.06. The smallest absolute Gasteiger partial charge is 0.00675 e. The van der Waals surface area contributed by atoms with Crippen molar-refractivity contribution in [2.24, 2.45) is 5.92 Å². The highest BCUT2D eigenvalue weighted by Crippen LogP contribution is 2.30. The second kappa shape index (κ2) is 8.04. The molecule has 1 unspecified atom stereocenters. The lowest BCUT2D eigenvalue weighted by Crippen LogP contribution is -2.13. The van der Waals surface area contributed by atoms with Crippen LogP contribution in [0.3, 0.4) is 0 Å². The Kier molecular flexibility index (Phi) is 7.40. The maximum atomic E-state index is 3.63. The van der Waals surface area contributed by atoms with Gasteiger partial charge in [0.1, 0.15) is 0 Å². The van der Waals surface area contributed by atoms with Crippen molar-refractivity contribution >= 4 is 27.7 Å². The minimum absolute atomic E-state index is 0.909. The van der Waals surface area contributed by atoms with Gasteiger partial charge < -0.3 is 0 Å². The molecule has 1 fully saturated rings. The minimum Gasteiger partial charge on any atom is -0.158 e. The van der Waals surface area contributed by atoms with Crippen molar-refractivity contribution in [2.75, 3.05) is 11.1 Å². The summed E-state index contributed by atoms with van der Waals surface area (Å²) < 4.78 is 0. The Labute approximate surface area is 102 Å². The molecule has 1 aliphatic carbocycles. The van der Waals surface area contributed by atoms with Crippen LogP contribution in [0.4, 0.5) is 0 Å². The number of halogens is 1. The lowest BCUT2D eigenvalue weighted by Gasteiger charge is -2.23. The van der Waals surface area contributed by atoms with Gasteiger partial charge in [-0.3, -0.25) is 0 Å². The van der Waals surface area contributed by atoms with E-state index in [-0.39, 0.29) is 0 Å². The average Bonchev–Trinajstić information content (AvgIpc) is 2.25. The van der Waals surface area contributed by atoms with Crippen LogP contribution < -0.4 is 0 Å². The number of rotatable bonds is 6. The Hall–Kier alpha value is 0.830. The summed E-state index contributed by atoms with van der Waals surface area (Å²) in [5, 5.41) is 2.18. The van der Waals surface area contributed by atoms with Gasteiger partial charge in [-0.25, -0.2) is 0 Å². The molecule has 0 aromatic carbocycles. The molecule has 0 heterocycles. The van der Waals surface area contributed by atoms with Gasteiger partial charge in [0.05, 0.1) is 0 Å². The Morgan fingerprint density at radius 3 is 2.57 bits per heavy atom. The lowest BCUT2D eigenvalue weighted by atomic mass is 10.0. The van der Waals surface area contributed by atoms with Crippen molar-refractivity contribution in [3.05, 3.63) is 0 Å². The molecule has 1 atom stereocenters. The molecular formula is C12H23BrS. The van der Waals surface area contributed by atoms with Gasteiger partial charge in [-0.2, -0.15) is 11.8 Å². The molecule has 0 bridgehead atoms. The number of alkyl halides is 1. The molecule has 1 aliphatic rings. The third-order valence-electron chi connectivity index (χ3n) is 3.03. The molecule has 0 saturated heterocycles. The average molecular weight is 279 g/mol. The van der Waals surface area contributed by atoms with Crippen LogP contribution in [-0.4, -0.2) is 16.3 Å². The van der Waals surface area contributed by atoms with Crippen molar-refractivity contribution in [1.82, 2.24) is 0 Å². The summed E-state index contributed by atoms with van der Waals surface area (Å²) in [4.78, 5) is 0. The van der Waals surface area contributed by atoms with E-state index in [0.717, 1.165) is 11.2 Å². The Bertz CT molecular complexity index is 128. The Morgan fingerprint density at radius 2 is 2.00 bits per heavy atom. The van der Waals surface area contributed by atoms with Gasteiger partial charge in [0.15, 0.2) is 0 Å². The highest BCUT2D eigenvalue weighted by molar-refractivity contribution is 9.09. The maximum absolute atomic E-state index is 3.63. The normalized spacial score (nSPS) is 21.0. The molecule has 2 heteroatoms. The van der Waals surface area contributed by atoms with Crippen LogP contribution in [0.25, 0.3) is 0 Å². The van der Waals surface area contributed by atoms with Crippen molar-refractivity contribution in [1.29, 1.82) is 0 Å². The van der Waals surface area contributed by atoms with Crippen LogP contribution in [0, 0.1) is 5.92 Å². The molecule has 0 aromatic heterocycles. The van der Waals surface area contributed by atoms with E-state index in [2.05, 4.69) is 34.6 Å². The molecule has 1 rings (SSSR count). The van der Waals surface area contributed by atoms with Crippen LogP contribution in [0.1, 0.15) is 51.9 Å². The molecule has 14 heavy (non-hydrogen) atoms. The topological polar surface area (TPSA) is 0 Å². The summed E-state index contributed by atoms with van der Waals surface area (Å²) in [6, 6.07) is 0. The van der Waals surface area contributed by atoms with Gasteiger partial charge >= 0.3 is 0 Å². The van der Waals surface area contributed by atoms with Crippen LogP contribution in [-0.2, 0) is 0 Å². The van der Waals surface area contributed by atoms with Crippen LogP contribution in [0.2, 0.25) is 0 Å². The SMILES string of the molecule is CCCC(CBr)CSC1CCCCC1. The Morgan fingerprint density at radius 1 is 1.29 bits per heavy atom. The van der Waals surface area contributed by atoms with Crippen molar-refractivity contribution < 1.29 is 0 Å². The van der Waals surface area contributed by atoms with E-state index in [4.69, 9.17) is 0 Å². The van der Waals surface area contributed by atoms with Crippen LogP contribution >= 0.6 is 27.7 Å². The number of hydrogen-bond acceptors (Lipinski definition) is 1. The predicted molar refractivity (Wildman–Crippen MR) is 71.5 cm³/mol. The number of thioether (sulfide) groups is 1. The van der Waals surface area contributed by atoms with Crippen molar-refractivity contribution in [3.63, 3.8) is 0 Å². The first-order chi connectivity index (χ1) is 6.86. The summed E-state index contributed by atoms with van der Waals surface area (Å²) in [5.41, 5.74) is 0. The molecule has 0 aliphatic heterocycles. The molecule has 0 N–H and O–H groups in total. The van der Waals surface area contributed by atoms with Crippen molar-refractivity contribution in [2.45, 2.75) is 57.1 Å². The van der Waals surface area contributed by atoms with E-state index in [9.17, 15) is 0 Å². The summed E-state index contributed by atoms with van der Waals surface area (Å²) in [5.74, 6) is 2.29. The second-order valence-corrected chi connectivity index (χ2v) is 6.38. The summed E-state index contributed by atoms with van der Waals surface area (Å²) in [7, 11) is 0. The summed E-state index contributed by atoms with van der Waals surface area (Å²) >= 11 is 5.87. The fourth-order valence-corrected chi connectivity index (χ4v) is 4.47. The predicted octanol–water partition coefficient (Wildman–Crippen LogP) is 4.86. The third-order valence-corrected chi connectivity index (χ3v) is 5.56. The van der Waals surface area contributed by atoms with Crippen molar-refractivity contribution in [3.8, 4) is 0 Å². The standard InChI is InChI=1S/C12H23BrS/c1-2-6-11(9-13)10-14-12-7-4-3-5-8-12/h11-12H,2-10H2,1H3. The van der Waals surface area contributed by atoms with E-state index in [0.29, 0.717) is 0 Å². The molecule has 0 radical (unpaired) electrons. The fourth-order valence-electron chi connectivity index (χ4n) is 2.12. The van der Waals surface area contributed by atoms with Gasteiger partial charge in [-0.1, -0.05) is 48.5 Å². The molecule has 0 aromatic rings. The zero-order valence-corrected chi connectivity index (χ0v) is 11.7. The first kappa shape index (κ1) is 12.9. The monoisotopic (exact) mass is 278 g/mol. The first-order valence-electron chi connectivity index (χ1n) is 6.04. The van der Waals surface area contributed by atoms with E-state index in [1.54, 1.807) is 0 Å². The van der Waals surface area contributed by atoms with Crippen LogP contribution in [0.15, 0.2) is 0 Å². The second-order valence-electron chi connectivity index (χ2n) is 4.40. The largest absolute Gasteiger partial charge is 0.158 e.